The Balaban J connectivity index is 1.52. The van der Waals surface area contributed by atoms with Crippen LogP contribution in [0.25, 0.3) is 0 Å². The molecule has 4 amide bonds. The molecule has 29 heavy (non-hydrogen) atoms. The molecule has 0 saturated carbocycles. The van der Waals surface area contributed by atoms with Gasteiger partial charge >= 0.3 is 0 Å². The monoisotopic (exact) mass is 418 g/mol. The van der Waals surface area contributed by atoms with Gasteiger partial charge in [0.1, 0.15) is 5.00 Å². The molecular weight excluding hydrogens is 392 g/mol. The van der Waals surface area contributed by atoms with Gasteiger partial charge in [-0.3, -0.25) is 19.2 Å². The Morgan fingerprint density at radius 3 is 2.76 bits per heavy atom. The van der Waals surface area contributed by atoms with Gasteiger partial charge < -0.3 is 20.0 Å². The fraction of sp³-hybridized carbons (Fsp3) is 0.600. The third kappa shape index (κ3) is 3.63. The summed E-state index contributed by atoms with van der Waals surface area (Å²) < 4.78 is 0. The SMILES string of the molecule is CCCN1CC(C(=O)N2CCc3c(sc4c3C(=O)N(C)CC(=O)N4)C2)CCC1=O. The number of nitrogens with one attached hydrogen (secondary N) is 1. The molecule has 0 aliphatic carbocycles. The van der Waals surface area contributed by atoms with Crippen LogP contribution in [0.2, 0.25) is 0 Å². The highest BCUT2D eigenvalue weighted by Crippen LogP contribution is 2.39. The zero-order valence-electron chi connectivity index (χ0n) is 16.8. The van der Waals surface area contributed by atoms with Crippen molar-refractivity contribution in [2.45, 2.75) is 39.2 Å². The maximum Gasteiger partial charge on any atom is 0.257 e. The number of fused-ring (bicyclic) bond motifs is 3. The summed E-state index contributed by atoms with van der Waals surface area (Å²) in [6.45, 7) is 4.28. The number of carbonyl (C=O) groups is 4. The first-order valence-electron chi connectivity index (χ1n) is 10.2. The molecule has 1 unspecified atom stereocenters. The Hall–Kier alpha value is -2.42. The van der Waals surface area contributed by atoms with Crippen molar-refractivity contribution in [1.82, 2.24) is 14.7 Å². The van der Waals surface area contributed by atoms with Crippen LogP contribution in [0.5, 0.6) is 0 Å². The van der Waals surface area contributed by atoms with Crippen LogP contribution in [0.1, 0.15) is 47.0 Å². The summed E-state index contributed by atoms with van der Waals surface area (Å²) in [6.07, 6.45) is 2.51. The number of likely N-dealkylation sites (N-methyl/N-ethyl adjacent to an activating group) is 1. The van der Waals surface area contributed by atoms with Gasteiger partial charge in [-0.1, -0.05) is 6.92 Å². The van der Waals surface area contributed by atoms with Crippen LogP contribution in [0.3, 0.4) is 0 Å². The summed E-state index contributed by atoms with van der Waals surface area (Å²) in [5, 5.41) is 3.44. The van der Waals surface area contributed by atoms with Gasteiger partial charge in [-0.05, 0) is 24.8 Å². The predicted molar refractivity (Wildman–Crippen MR) is 109 cm³/mol. The van der Waals surface area contributed by atoms with E-state index in [-0.39, 0.29) is 36.1 Å². The van der Waals surface area contributed by atoms with Crippen molar-refractivity contribution < 1.29 is 19.2 Å². The lowest BCUT2D eigenvalue weighted by molar-refractivity contribution is -0.143. The molecule has 0 aromatic carbocycles. The van der Waals surface area contributed by atoms with Gasteiger partial charge in [-0.15, -0.1) is 11.3 Å². The molecule has 0 bridgehead atoms. The molecule has 3 aliphatic rings. The van der Waals surface area contributed by atoms with E-state index in [0.29, 0.717) is 56.0 Å². The number of nitrogens with zero attached hydrogens (tertiary/aromatic N) is 3. The van der Waals surface area contributed by atoms with E-state index >= 15 is 0 Å². The van der Waals surface area contributed by atoms with Crippen LogP contribution in [0, 0.1) is 5.92 Å². The lowest BCUT2D eigenvalue weighted by atomic mass is 9.94. The quantitative estimate of drug-likeness (QED) is 0.801. The van der Waals surface area contributed by atoms with Crippen LogP contribution in [-0.2, 0) is 27.3 Å². The van der Waals surface area contributed by atoms with Crippen LogP contribution in [-0.4, -0.2) is 71.6 Å². The first-order valence-corrected chi connectivity index (χ1v) is 11.0. The molecular formula is C20H26N4O4S. The van der Waals surface area contributed by atoms with Gasteiger partial charge in [-0.2, -0.15) is 0 Å². The highest BCUT2D eigenvalue weighted by atomic mass is 32.1. The summed E-state index contributed by atoms with van der Waals surface area (Å²) in [6, 6.07) is 0. The summed E-state index contributed by atoms with van der Waals surface area (Å²) in [5.41, 5.74) is 1.54. The summed E-state index contributed by atoms with van der Waals surface area (Å²) in [7, 11) is 1.63. The first-order chi connectivity index (χ1) is 13.9. The third-order valence-corrected chi connectivity index (χ3v) is 7.04. The zero-order chi connectivity index (χ0) is 20.7. The van der Waals surface area contributed by atoms with Crippen molar-refractivity contribution in [2.24, 2.45) is 5.92 Å². The zero-order valence-corrected chi connectivity index (χ0v) is 17.6. The Bertz CT molecular complexity index is 880. The molecule has 4 heterocycles. The normalized spacial score (nSPS) is 22.2. The maximum absolute atomic E-state index is 13.1. The first kappa shape index (κ1) is 19.9. The van der Waals surface area contributed by atoms with Crippen LogP contribution >= 0.6 is 11.3 Å². The van der Waals surface area contributed by atoms with Gasteiger partial charge in [0.25, 0.3) is 5.91 Å². The second kappa shape index (κ2) is 7.78. The topological polar surface area (TPSA) is 90.0 Å². The van der Waals surface area contributed by atoms with E-state index in [1.165, 1.54) is 16.2 Å². The van der Waals surface area contributed by atoms with Crippen molar-refractivity contribution in [3.63, 3.8) is 0 Å². The van der Waals surface area contributed by atoms with Crippen molar-refractivity contribution in [1.29, 1.82) is 0 Å². The van der Waals surface area contributed by atoms with Crippen molar-refractivity contribution >= 4 is 40.0 Å². The van der Waals surface area contributed by atoms with E-state index in [9.17, 15) is 19.2 Å². The minimum Gasteiger partial charge on any atom is -0.342 e. The van der Waals surface area contributed by atoms with Crippen molar-refractivity contribution in [3.8, 4) is 0 Å². The highest BCUT2D eigenvalue weighted by molar-refractivity contribution is 7.17. The van der Waals surface area contributed by atoms with E-state index in [2.05, 4.69) is 5.32 Å². The molecule has 1 N–H and O–H groups in total. The average molecular weight is 419 g/mol. The lowest BCUT2D eigenvalue weighted by Gasteiger charge is -2.36. The van der Waals surface area contributed by atoms with Gasteiger partial charge in [0.15, 0.2) is 0 Å². The number of carbonyl (C=O) groups excluding carboxylic acids is 4. The van der Waals surface area contributed by atoms with Crippen LogP contribution in [0.15, 0.2) is 0 Å². The molecule has 1 atom stereocenters. The molecule has 156 valence electrons. The predicted octanol–water partition coefficient (Wildman–Crippen LogP) is 1.31. The third-order valence-electron chi connectivity index (χ3n) is 5.91. The molecule has 1 aromatic heterocycles. The highest BCUT2D eigenvalue weighted by Gasteiger charge is 2.37. The van der Waals surface area contributed by atoms with Gasteiger partial charge in [-0.25, -0.2) is 0 Å². The molecule has 0 radical (unpaired) electrons. The summed E-state index contributed by atoms with van der Waals surface area (Å²) >= 11 is 1.40. The second-order valence-corrected chi connectivity index (χ2v) is 9.11. The van der Waals surface area contributed by atoms with E-state index in [1.54, 1.807) is 11.9 Å². The number of anilines is 1. The Kier molecular flexibility index (Phi) is 5.33. The molecule has 1 saturated heterocycles. The number of hydrogen-bond donors (Lipinski definition) is 1. The van der Waals surface area contributed by atoms with Crippen LogP contribution < -0.4 is 5.32 Å². The van der Waals surface area contributed by atoms with Gasteiger partial charge in [0.2, 0.25) is 17.7 Å². The van der Waals surface area contributed by atoms with E-state index < -0.39 is 0 Å². The Morgan fingerprint density at radius 2 is 2.00 bits per heavy atom. The van der Waals surface area contributed by atoms with Crippen molar-refractivity contribution in [3.05, 3.63) is 16.0 Å². The number of thiophene rings is 1. The second-order valence-electron chi connectivity index (χ2n) is 8.00. The minimum atomic E-state index is -0.200. The molecule has 4 rings (SSSR count). The van der Waals surface area contributed by atoms with E-state index in [1.807, 2.05) is 11.8 Å². The molecule has 0 spiro atoms. The average Bonchev–Trinajstić information content (AvgIpc) is 3.00. The molecule has 9 heteroatoms. The minimum absolute atomic E-state index is 0.0499. The molecule has 1 fully saturated rings. The fourth-order valence-electron chi connectivity index (χ4n) is 4.41. The number of hydrogen-bond acceptors (Lipinski definition) is 5. The fourth-order valence-corrected chi connectivity index (χ4v) is 5.68. The smallest absolute Gasteiger partial charge is 0.257 e. The van der Waals surface area contributed by atoms with Gasteiger partial charge in [0, 0.05) is 38.0 Å². The van der Waals surface area contributed by atoms with Crippen molar-refractivity contribution in [2.75, 3.05) is 38.5 Å². The van der Waals surface area contributed by atoms with Crippen LogP contribution in [0.4, 0.5) is 5.00 Å². The molecule has 1 aromatic rings. The largest absolute Gasteiger partial charge is 0.342 e. The number of rotatable bonds is 3. The molecule has 3 aliphatic heterocycles. The van der Waals surface area contributed by atoms with E-state index in [0.717, 1.165) is 16.9 Å². The number of likely N-dealkylation sites (tertiary alicyclic amines) is 1. The standard InChI is InChI=1S/C20H26N4O4S/c1-3-7-23-9-12(4-5-16(23)26)19(27)24-8-6-13-14(10-24)29-18-17(13)20(28)22(2)11-15(25)21-18/h12H,3-11H2,1-2H3,(H,21,25). The molecule has 8 nitrogen and oxygen atoms in total. The number of piperidine rings is 1. The summed E-state index contributed by atoms with van der Waals surface area (Å²) in [5.74, 6) is -0.283. The lowest BCUT2D eigenvalue weighted by Crippen LogP contribution is -2.48. The Morgan fingerprint density at radius 1 is 1.21 bits per heavy atom. The number of amides is 4. The summed E-state index contributed by atoms with van der Waals surface area (Å²) in [4.78, 5) is 56.0. The van der Waals surface area contributed by atoms with Gasteiger partial charge in [0.05, 0.1) is 24.6 Å². The Labute approximate surface area is 173 Å². The van der Waals surface area contributed by atoms with E-state index in [4.69, 9.17) is 0 Å². The maximum atomic E-state index is 13.1.